The molecule has 1 unspecified atom stereocenters. The van der Waals surface area contributed by atoms with E-state index in [0.29, 0.717) is 11.3 Å². The Morgan fingerprint density at radius 3 is 2.60 bits per heavy atom. The number of allylic oxidation sites excluding steroid dienone is 1. The van der Waals surface area contributed by atoms with Crippen molar-refractivity contribution in [1.82, 2.24) is 4.90 Å². The first kappa shape index (κ1) is 23.9. The number of ether oxygens (including phenoxy) is 1. The molecule has 0 spiro atoms. The third-order valence-electron chi connectivity index (χ3n) is 5.42. The number of nitrogens with zero attached hydrogens (tertiary/aromatic N) is 3. The standard InChI is InChI=1S/C24H19F3N4O4/c1-35-18-9-7-15(8-10-18)13-31-22(33)21-19(6-3-11-28-21)30(23(31)34)14-20(32)29-17-5-2-4-16(12-17)24(25,26)27/h2-12,21H,13-14H2,1H3/p+1. The summed E-state index contributed by atoms with van der Waals surface area (Å²) >= 11 is 0. The fourth-order valence-electron chi connectivity index (χ4n) is 3.71. The van der Waals surface area contributed by atoms with Crippen molar-refractivity contribution in [3.63, 3.8) is 0 Å². The lowest BCUT2D eigenvalue weighted by molar-refractivity contribution is -0.427. The Bertz CT molecular complexity index is 1270. The molecule has 0 saturated heterocycles. The van der Waals surface area contributed by atoms with Gasteiger partial charge in [-0.2, -0.15) is 27.4 Å². The number of hydrogen-bond acceptors (Lipinski definition) is 5. The molecule has 0 bridgehead atoms. The third-order valence-corrected chi connectivity index (χ3v) is 5.42. The number of dihydropyridines is 1. The summed E-state index contributed by atoms with van der Waals surface area (Å²) in [6.07, 6.45) is -0.104. The Morgan fingerprint density at radius 2 is 1.91 bits per heavy atom. The Balaban J connectivity index is 1.58. The van der Waals surface area contributed by atoms with Crippen LogP contribution in [0.4, 0.5) is 23.7 Å². The van der Waals surface area contributed by atoms with Crippen molar-refractivity contribution in [3.8, 4) is 5.75 Å². The van der Waals surface area contributed by atoms with Gasteiger partial charge in [-0.15, -0.1) is 0 Å². The van der Waals surface area contributed by atoms with Crippen molar-refractivity contribution in [2.75, 3.05) is 19.0 Å². The van der Waals surface area contributed by atoms with Gasteiger partial charge in [0.2, 0.25) is 6.04 Å². The number of rotatable bonds is 6. The second kappa shape index (κ2) is 9.53. The van der Waals surface area contributed by atoms with Gasteiger partial charge in [0.15, 0.2) is 6.54 Å². The summed E-state index contributed by atoms with van der Waals surface area (Å²) in [5.74, 6) is -0.669. The molecule has 0 aliphatic carbocycles. The molecule has 0 saturated carbocycles. The van der Waals surface area contributed by atoms with E-state index in [1.165, 1.54) is 37.6 Å². The van der Waals surface area contributed by atoms with Crippen LogP contribution in [0.3, 0.4) is 0 Å². The highest BCUT2D eigenvalue weighted by atomic mass is 19.4. The summed E-state index contributed by atoms with van der Waals surface area (Å²) in [6.45, 7) is -0.580. The number of carbonyl (C=O) groups excluding carboxylic acids is 3. The van der Waals surface area contributed by atoms with Gasteiger partial charge >= 0.3 is 18.1 Å². The molecular formula is C24H20F3N4O4+. The van der Waals surface area contributed by atoms with E-state index in [2.05, 4.69) is 10.3 Å². The number of amides is 4. The first-order chi connectivity index (χ1) is 16.7. The number of benzene rings is 2. The summed E-state index contributed by atoms with van der Waals surface area (Å²) < 4.78 is 45.2. The van der Waals surface area contributed by atoms with Crippen LogP contribution < -0.4 is 10.1 Å². The highest BCUT2D eigenvalue weighted by Crippen LogP contribution is 2.30. The minimum Gasteiger partial charge on any atom is -0.497 e. The Kier molecular flexibility index (Phi) is 6.50. The molecular weight excluding hydrogens is 465 g/mol. The van der Waals surface area contributed by atoms with Gasteiger partial charge in [0, 0.05) is 11.9 Å². The number of urea groups is 1. The van der Waals surface area contributed by atoms with Gasteiger partial charge in [0.1, 0.15) is 18.0 Å². The van der Waals surface area contributed by atoms with Crippen molar-refractivity contribution >= 4 is 35.5 Å². The number of halogens is 3. The predicted octanol–water partition coefficient (Wildman–Crippen LogP) is 3.28. The average Bonchev–Trinajstić information content (AvgIpc) is 2.84. The van der Waals surface area contributed by atoms with Crippen LogP contribution in [0.2, 0.25) is 0 Å². The Hall–Kier alpha value is -4.28. The molecule has 4 amide bonds. The number of hydrogen-bond donors (Lipinski definition) is 1. The van der Waals surface area contributed by atoms with Crippen molar-refractivity contribution in [1.29, 1.82) is 0 Å². The zero-order chi connectivity index (χ0) is 25.2. The van der Waals surface area contributed by atoms with E-state index >= 15 is 0 Å². The second-order valence-corrected chi connectivity index (χ2v) is 7.75. The van der Waals surface area contributed by atoms with Crippen molar-refractivity contribution in [2.24, 2.45) is 4.99 Å². The van der Waals surface area contributed by atoms with E-state index in [9.17, 15) is 27.6 Å². The van der Waals surface area contributed by atoms with E-state index in [1.807, 2.05) is 0 Å². The summed E-state index contributed by atoms with van der Waals surface area (Å²) in [5.41, 5.74) is -0.119. The largest absolute Gasteiger partial charge is 0.501 e. The van der Waals surface area contributed by atoms with Crippen molar-refractivity contribution < 1.29 is 36.9 Å². The van der Waals surface area contributed by atoms with Gasteiger partial charge in [-0.05, 0) is 48.0 Å². The number of aliphatic imine (C=N–C) groups is 1. The minimum atomic E-state index is -4.57. The monoisotopic (exact) mass is 485 g/mol. The van der Waals surface area contributed by atoms with Gasteiger partial charge in [0.05, 0.1) is 12.7 Å². The topological polar surface area (TPSA) is 91.1 Å². The van der Waals surface area contributed by atoms with Crippen molar-refractivity contribution in [2.45, 2.75) is 18.8 Å². The van der Waals surface area contributed by atoms with Gasteiger partial charge < -0.3 is 10.1 Å². The fourth-order valence-corrected chi connectivity index (χ4v) is 3.71. The molecule has 1 atom stereocenters. The van der Waals surface area contributed by atoms with Crippen LogP contribution in [-0.2, 0) is 22.3 Å². The van der Waals surface area contributed by atoms with Gasteiger partial charge in [0.25, 0.3) is 5.91 Å². The van der Waals surface area contributed by atoms with Crippen LogP contribution in [-0.4, -0.2) is 58.9 Å². The van der Waals surface area contributed by atoms with Crippen LogP contribution in [0, 0.1) is 0 Å². The van der Waals surface area contributed by atoms with E-state index in [0.717, 1.165) is 21.6 Å². The summed E-state index contributed by atoms with van der Waals surface area (Å²) in [4.78, 5) is 44.1. The second-order valence-electron chi connectivity index (χ2n) is 7.75. The smallest absolute Gasteiger partial charge is 0.497 e. The van der Waals surface area contributed by atoms with Crippen LogP contribution in [0.25, 0.3) is 0 Å². The lowest BCUT2D eigenvalue weighted by Gasteiger charge is -2.26. The zero-order valence-electron chi connectivity index (χ0n) is 18.5. The molecule has 1 N–H and O–H groups in total. The first-order valence-electron chi connectivity index (χ1n) is 10.5. The summed E-state index contributed by atoms with van der Waals surface area (Å²) in [6, 6.07) is 9.19. The average molecular weight is 485 g/mol. The molecule has 2 aromatic rings. The molecule has 8 nitrogen and oxygen atoms in total. The maximum Gasteiger partial charge on any atom is 0.501 e. The zero-order valence-corrected chi connectivity index (χ0v) is 18.5. The van der Waals surface area contributed by atoms with Crippen LogP contribution >= 0.6 is 0 Å². The number of imide groups is 1. The van der Waals surface area contributed by atoms with Gasteiger partial charge in [-0.1, -0.05) is 18.2 Å². The van der Waals surface area contributed by atoms with E-state index in [1.54, 1.807) is 24.3 Å². The molecule has 4 rings (SSSR count). The maximum atomic E-state index is 13.3. The molecule has 0 radical (unpaired) electrons. The van der Waals surface area contributed by atoms with E-state index in [-0.39, 0.29) is 17.9 Å². The molecule has 0 fully saturated rings. The lowest BCUT2D eigenvalue weighted by atomic mass is 10.0. The molecule has 2 aromatic carbocycles. The third kappa shape index (κ3) is 5.13. The van der Waals surface area contributed by atoms with E-state index in [4.69, 9.17) is 4.74 Å². The Morgan fingerprint density at radius 1 is 1.17 bits per heavy atom. The molecule has 2 heterocycles. The van der Waals surface area contributed by atoms with Crippen LogP contribution in [0.1, 0.15) is 11.1 Å². The quantitative estimate of drug-likeness (QED) is 0.636. The highest BCUT2D eigenvalue weighted by molar-refractivity contribution is 6.20. The molecule has 2 aliphatic heterocycles. The van der Waals surface area contributed by atoms with Gasteiger partial charge in [-0.25, -0.2) is 4.79 Å². The van der Waals surface area contributed by atoms with Crippen LogP contribution in [0.5, 0.6) is 5.75 Å². The minimum absolute atomic E-state index is 0.0591. The normalized spacial score (nSPS) is 17.5. The number of anilines is 1. The first-order valence-corrected chi connectivity index (χ1v) is 10.5. The fraction of sp³-hybridized carbons (Fsp3) is 0.208. The summed E-state index contributed by atoms with van der Waals surface area (Å²) in [7, 11) is 1.51. The van der Waals surface area contributed by atoms with Crippen LogP contribution in [0.15, 0.2) is 65.7 Å². The molecule has 35 heavy (non-hydrogen) atoms. The predicted molar refractivity (Wildman–Crippen MR) is 121 cm³/mol. The summed E-state index contributed by atoms with van der Waals surface area (Å²) in [5, 5.41) is 2.38. The van der Waals surface area contributed by atoms with E-state index < -0.39 is 42.2 Å². The molecule has 0 aromatic heterocycles. The Labute approximate surface area is 198 Å². The molecule has 2 aliphatic rings. The van der Waals surface area contributed by atoms with Crippen molar-refractivity contribution in [3.05, 3.63) is 71.8 Å². The number of carbonyl (C=O) groups is 3. The lowest BCUT2D eigenvalue weighted by Crippen LogP contribution is -2.57. The molecule has 11 heteroatoms. The number of fused-ring (bicyclic) bond motifs is 1. The SMILES string of the molecule is COc1ccc(CN2C(=O)C3N=CC=CC3=[N+](CC(=O)Nc3cccc(C(F)(F)F)c3)C2=O)cc1. The maximum absolute atomic E-state index is 13.3. The number of nitrogens with one attached hydrogen (secondary N) is 1. The number of alkyl halides is 3. The number of methoxy groups -OCH3 is 1. The van der Waals surface area contributed by atoms with Gasteiger partial charge in [-0.3, -0.25) is 9.79 Å². The molecule has 180 valence electrons. The highest BCUT2D eigenvalue weighted by Gasteiger charge is 2.48.